The summed E-state index contributed by atoms with van der Waals surface area (Å²) in [6.07, 6.45) is 9.02. The molecule has 7 aromatic rings. The second kappa shape index (κ2) is 9.03. The first-order valence-corrected chi connectivity index (χ1v) is 13.0. The standard InChI is InChI=1S/C35H25N5/c1-5-22-9-13-30-26(17-22)27-18-23(6-2)10-14-31(27)39(30)34-36-21-37-35(38-34)40-32-15-11-24(7-3)19-28(32)29-20-25(8-4)12-16-33(29)40/h5-21H,1-4H2. The summed E-state index contributed by atoms with van der Waals surface area (Å²) in [6, 6.07) is 25.2. The first-order valence-electron chi connectivity index (χ1n) is 13.0. The van der Waals surface area contributed by atoms with Gasteiger partial charge in [0.2, 0.25) is 11.9 Å². The molecule has 0 saturated carbocycles. The predicted octanol–water partition coefficient (Wildman–Crippen LogP) is 8.64. The zero-order valence-electron chi connectivity index (χ0n) is 21.9. The predicted molar refractivity (Wildman–Crippen MR) is 169 cm³/mol. The third-order valence-electron chi connectivity index (χ3n) is 7.52. The van der Waals surface area contributed by atoms with Crippen LogP contribution in [0, 0.1) is 0 Å². The van der Waals surface area contributed by atoms with E-state index >= 15 is 0 Å². The van der Waals surface area contributed by atoms with Crippen molar-refractivity contribution in [2.45, 2.75) is 0 Å². The van der Waals surface area contributed by atoms with Crippen LogP contribution in [0.15, 0.2) is 105 Å². The van der Waals surface area contributed by atoms with E-state index in [1.807, 2.05) is 24.3 Å². The van der Waals surface area contributed by atoms with Crippen LogP contribution in [0.4, 0.5) is 0 Å². The molecule has 0 spiro atoms. The summed E-state index contributed by atoms with van der Waals surface area (Å²) >= 11 is 0. The number of fused-ring (bicyclic) bond motifs is 6. The number of hydrogen-bond donors (Lipinski definition) is 0. The number of rotatable bonds is 6. The summed E-state index contributed by atoms with van der Waals surface area (Å²) < 4.78 is 4.18. The zero-order valence-corrected chi connectivity index (χ0v) is 21.9. The summed E-state index contributed by atoms with van der Waals surface area (Å²) in [5, 5.41) is 4.40. The molecule has 0 aliphatic carbocycles. The summed E-state index contributed by atoms with van der Waals surface area (Å²) in [5.41, 5.74) is 8.23. The van der Waals surface area contributed by atoms with Gasteiger partial charge in [-0.15, -0.1) is 0 Å². The second-order valence-electron chi connectivity index (χ2n) is 9.68. The third-order valence-corrected chi connectivity index (χ3v) is 7.52. The van der Waals surface area contributed by atoms with Crippen molar-refractivity contribution in [3.63, 3.8) is 0 Å². The fourth-order valence-electron chi connectivity index (χ4n) is 5.55. The van der Waals surface area contributed by atoms with Gasteiger partial charge in [-0.25, -0.2) is 9.97 Å². The Kier molecular flexibility index (Phi) is 5.32. The smallest absolute Gasteiger partial charge is 0.239 e. The summed E-state index contributed by atoms with van der Waals surface area (Å²) in [5.74, 6) is 1.09. The minimum absolute atomic E-state index is 0.545. The molecule has 5 heteroatoms. The van der Waals surface area contributed by atoms with E-state index in [0.29, 0.717) is 11.9 Å². The van der Waals surface area contributed by atoms with Crippen LogP contribution in [0.2, 0.25) is 0 Å². The van der Waals surface area contributed by atoms with E-state index < -0.39 is 0 Å². The lowest BCUT2D eigenvalue weighted by Gasteiger charge is -2.10. The SMILES string of the molecule is C=Cc1ccc2c(c1)c1cc(C=C)ccc1n2-c1ncnc(-n2c3ccc(C=C)cc3c3cc(C=C)ccc32)n1. The fourth-order valence-corrected chi connectivity index (χ4v) is 5.55. The van der Waals surface area contributed by atoms with Gasteiger partial charge in [-0.05, 0) is 70.8 Å². The number of hydrogen-bond acceptors (Lipinski definition) is 3. The van der Waals surface area contributed by atoms with Crippen LogP contribution in [0.3, 0.4) is 0 Å². The van der Waals surface area contributed by atoms with E-state index in [-0.39, 0.29) is 0 Å². The van der Waals surface area contributed by atoms with E-state index in [0.717, 1.165) is 65.9 Å². The molecule has 3 aromatic heterocycles. The molecule has 0 radical (unpaired) electrons. The highest BCUT2D eigenvalue weighted by Crippen LogP contribution is 2.35. The molecule has 0 aliphatic heterocycles. The lowest BCUT2D eigenvalue weighted by atomic mass is 10.1. The zero-order chi connectivity index (χ0) is 27.4. The molecule has 0 amide bonds. The average molecular weight is 516 g/mol. The molecule has 40 heavy (non-hydrogen) atoms. The van der Waals surface area contributed by atoms with Crippen LogP contribution in [0.5, 0.6) is 0 Å². The van der Waals surface area contributed by atoms with E-state index in [9.17, 15) is 0 Å². The molecule has 4 aromatic carbocycles. The van der Waals surface area contributed by atoms with Crippen molar-refractivity contribution in [2.75, 3.05) is 0 Å². The molecule has 0 unspecified atom stereocenters. The Morgan fingerprint density at radius 2 is 0.750 bits per heavy atom. The van der Waals surface area contributed by atoms with Gasteiger partial charge >= 0.3 is 0 Å². The average Bonchev–Trinajstić information content (AvgIpc) is 3.51. The highest BCUT2D eigenvalue weighted by Gasteiger charge is 2.18. The molecule has 0 N–H and O–H groups in total. The van der Waals surface area contributed by atoms with Gasteiger partial charge in [0.25, 0.3) is 0 Å². The molecule has 0 aliphatic rings. The first kappa shape index (κ1) is 23.6. The second-order valence-corrected chi connectivity index (χ2v) is 9.68. The Bertz CT molecular complexity index is 1910. The first-order chi connectivity index (χ1) is 19.6. The van der Waals surface area contributed by atoms with Crippen molar-refractivity contribution in [3.05, 3.63) is 128 Å². The monoisotopic (exact) mass is 515 g/mol. The summed E-state index contributed by atoms with van der Waals surface area (Å²) in [6.45, 7) is 15.8. The van der Waals surface area contributed by atoms with Crippen molar-refractivity contribution in [2.24, 2.45) is 0 Å². The van der Waals surface area contributed by atoms with E-state index in [2.05, 4.69) is 118 Å². The molecule has 5 nitrogen and oxygen atoms in total. The summed E-state index contributed by atoms with van der Waals surface area (Å²) in [4.78, 5) is 14.4. The van der Waals surface area contributed by atoms with Crippen LogP contribution >= 0.6 is 0 Å². The highest BCUT2D eigenvalue weighted by atomic mass is 15.3. The lowest BCUT2D eigenvalue weighted by molar-refractivity contribution is 0.886. The molecule has 0 bridgehead atoms. The van der Waals surface area contributed by atoms with Gasteiger partial charge in [-0.3, -0.25) is 9.13 Å². The third kappa shape index (κ3) is 3.45. The highest BCUT2D eigenvalue weighted by molar-refractivity contribution is 6.11. The van der Waals surface area contributed by atoms with Gasteiger partial charge < -0.3 is 0 Å². The van der Waals surface area contributed by atoms with Gasteiger partial charge in [0.1, 0.15) is 6.33 Å². The fraction of sp³-hybridized carbons (Fsp3) is 0. The molecular formula is C35H25N5. The Labute approximate surface area is 231 Å². The molecule has 0 atom stereocenters. The maximum atomic E-state index is 5.05. The molecule has 190 valence electrons. The number of aromatic nitrogens is 5. The normalized spacial score (nSPS) is 11.4. The Balaban J connectivity index is 1.53. The van der Waals surface area contributed by atoms with Crippen molar-refractivity contribution in [1.29, 1.82) is 0 Å². The van der Waals surface area contributed by atoms with E-state index in [1.165, 1.54) is 0 Å². The molecule has 7 rings (SSSR count). The topological polar surface area (TPSA) is 48.5 Å². The van der Waals surface area contributed by atoms with Crippen molar-refractivity contribution in [1.82, 2.24) is 24.1 Å². The Hall–Kier alpha value is -5.55. The van der Waals surface area contributed by atoms with Crippen LogP contribution < -0.4 is 0 Å². The minimum Gasteiger partial charge on any atom is -0.278 e. The number of nitrogens with zero attached hydrogens (tertiary/aromatic N) is 5. The van der Waals surface area contributed by atoms with E-state index in [4.69, 9.17) is 4.98 Å². The summed E-state index contributed by atoms with van der Waals surface area (Å²) in [7, 11) is 0. The minimum atomic E-state index is 0.545. The quantitative estimate of drug-likeness (QED) is 0.223. The van der Waals surface area contributed by atoms with Crippen molar-refractivity contribution in [3.8, 4) is 11.9 Å². The van der Waals surface area contributed by atoms with Crippen LogP contribution in [0.25, 0.3) is 79.8 Å². The van der Waals surface area contributed by atoms with Crippen LogP contribution in [-0.4, -0.2) is 24.1 Å². The lowest BCUT2D eigenvalue weighted by Crippen LogP contribution is -2.07. The van der Waals surface area contributed by atoms with Gasteiger partial charge in [-0.1, -0.05) is 74.9 Å². The number of benzene rings is 4. The van der Waals surface area contributed by atoms with Gasteiger partial charge in [0, 0.05) is 21.5 Å². The maximum absolute atomic E-state index is 5.05. The van der Waals surface area contributed by atoms with Gasteiger partial charge in [0.05, 0.1) is 22.1 Å². The van der Waals surface area contributed by atoms with Gasteiger partial charge in [0.15, 0.2) is 0 Å². The van der Waals surface area contributed by atoms with Gasteiger partial charge in [-0.2, -0.15) is 4.98 Å². The molecular weight excluding hydrogens is 490 g/mol. The molecule has 0 fully saturated rings. The van der Waals surface area contributed by atoms with E-state index in [1.54, 1.807) is 6.33 Å². The Morgan fingerprint density at radius 1 is 0.450 bits per heavy atom. The molecule has 3 heterocycles. The van der Waals surface area contributed by atoms with Crippen LogP contribution in [-0.2, 0) is 0 Å². The van der Waals surface area contributed by atoms with Crippen LogP contribution in [0.1, 0.15) is 22.3 Å². The molecule has 0 saturated heterocycles. The van der Waals surface area contributed by atoms with Crippen molar-refractivity contribution < 1.29 is 0 Å². The Morgan fingerprint density at radius 3 is 1.02 bits per heavy atom. The largest absolute Gasteiger partial charge is 0.278 e. The maximum Gasteiger partial charge on any atom is 0.239 e. The van der Waals surface area contributed by atoms with Crippen molar-refractivity contribution >= 4 is 67.9 Å².